The minimum atomic E-state index is -3.00. The molecule has 1 aromatic heterocycles. The Kier molecular flexibility index (Phi) is 5.45. The molecule has 2 atom stereocenters. The monoisotopic (exact) mass is 359 g/mol. The highest BCUT2D eigenvalue weighted by Crippen LogP contribution is 2.19. The number of rotatable bonds is 6. The fourth-order valence-corrected chi connectivity index (χ4v) is 4.64. The van der Waals surface area contributed by atoms with Gasteiger partial charge in [0, 0.05) is 12.2 Å². The van der Waals surface area contributed by atoms with Crippen LogP contribution in [0.25, 0.3) is 0 Å². The summed E-state index contributed by atoms with van der Waals surface area (Å²) in [5.41, 5.74) is 1.84. The van der Waals surface area contributed by atoms with Crippen LogP contribution in [0.1, 0.15) is 23.7 Å². The third kappa shape index (κ3) is 4.87. The van der Waals surface area contributed by atoms with Crippen LogP contribution in [0.5, 0.6) is 0 Å². The number of carbonyl (C=O) groups is 1. The summed E-state index contributed by atoms with van der Waals surface area (Å²) in [6, 6.07) is 14.9. The smallest absolute Gasteiger partial charge is 0.234 e. The molecule has 1 aromatic carbocycles. The quantitative estimate of drug-likeness (QED) is 0.805. The van der Waals surface area contributed by atoms with E-state index in [0.717, 1.165) is 11.3 Å². The van der Waals surface area contributed by atoms with E-state index >= 15 is 0 Å². The van der Waals surface area contributed by atoms with Crippen molar-refractivity contribution in [2.24, 2.45) is 0 Å². The lowest BCUT2D eigenvalue weighted by Crippen LogP contribution is -2.42. The summed E-state index contributed by atoms with van der Waals surface area (Å²) >= 11 is 0. The molecule has 3 rings (SSSR count). The fraction of sp³-hybridized carbons (Fsp3) is 0.333. The number of benzene rings is 1. The first-order chi connectivity index (χ1) is 12.0. The number of amides is 1. The van der Waals surface area contributed by atoms with Crippen LogP contribution in [-0.2, 0) is 14.6 Å². The van der Waals surface area contributed by atoms with Crippen LogP contribution >= 0.6 is 0 Å². The second kappa shape index (κ2) is 7.76. The zero-order valence-electron chi connectivity index (χ0n) is 13.8. The number of carbonyl (C=O) groups excluding carboxylic acids is 1. The van der Waals surface area contributed by atoms with E-state index in [1.807, 2.05) is 48.5 Å². The van der Waals surface area contributed by atoms with Crippen molar-refractivity contribution in [1.29, 1.82) is 0 Å². The number of nitrogens with one attached hydrogen (secondary N) is 2. The minimum absolute atomic E-state index is 0.0289. The number of hydrogen-bond acceptors (Lipinski definition) is 5. The molecule has 0 saturated carbocycles. The van der Waals surface area contributed by atoms with Gasteiger partial charge in [-0.05, 0) is 24.1 Å². The highest BCUT2D eigenvalue weighted by molar-refractivity contribution is 7.91. The van der Waals surface area contributed by atoms with Gasteiger partial charge in [-0.3, -0.25) is 15.1 Å². The Morgan fingerprint density at radius 1 is 1.16 bits per heavy atom. The molecule has 7 heteroatoms. The molecule has 0 spiro atoms. The third-order valence-corrected chi connectivity index (χ3v) is 5.95. The Labute approximate surface area is 147 Å². The van der Waals surface area contributed by atoms with E-state index in [9.17, 15) is 13.2 Å². The van der Waals surface area contributed by atoms with Gasteiger partial charge < -0.3 is 5.32 Å². The number of hydrogen-bond donors (Lipinski definition) is 2. The predicted octanol–water partition coefficient (Wildman–Crippen LogP) is 1.06. The standard InChI is InChI=1S/C18H21N3O3S/c22-17(21-15-9-11-25(23,24)13-15)12-20-18(14-6-2-1-3-7-14)16-8-4-5-10-19-16/h1-8,10,15,18,20H,9,11-13H2,(H,21,22). The summed E-state index contributed by atoms with van der Waals surface area (Å²) in [4.78, 5) is 16.6. The highest BCUT2D eigenvalue weighted by atomic mass is 32.2. The third-order valence-electron chi connectivity index (χ3n) is 4.18. The Bertz CT molecular complexity index is 770. The van der Waals surface area contributed by atoms with E-state index in [1.165, 1.54) is 0 Å². The van der Waals surface area contributed by atoms with E-state index in [-0.39, 0.29) is 36.0 Å². The first-order valence-corrected chi connectivity index (χ1v) is 10.0. The molecule has 1 aliphatic rings. The van der Waals surface area contributed by atoms with Crippen molar-refractivity contribution >= 4 is 15.7 Å². The van der Waals surface area contributed by atoms with E-state index in [1.54, 1.807) is 6.20 Å². The molecule has 0 radical (unpaired) electrons. The van der Waals surface area contributed by atoms with Crippen molar-refractivity contribution in [3.05, 3.63) is 66.0 Å². The Morgan fingerprint density at radius 2 is 1.92 bits per heavy atom. The molecule has 1 fully saturated rings. The van der Waals surface area contributed by atoms with Gasteiger partial charge in [-0.25, -0.2) is 8.42 Å². The van der Waals surface area contributed by atoms with Gasteiger partial charge in [0.1, 0.15) is 0 Å². The predicted molar refractivity (Wildman–Crippen MR) is 95.7 cm³/mol. The Balaban J connectivity index is 1.64. The lowest BCUT2D eigenvalue weighted by molar-refractivity contribution is -0.120. The molecule has 1 amide bonds. The van der Waals surface area contributed by atoms with E-state index in [0.29, 0.717) is 6.42 Å². The van der Waals surface area contributed by atoms with Gasteiger partial charge in [-0.1, -0.05) is 36.4 Å². The number of pyridine rings is 1. The van der Waals surface area contributed by atoms with Crippen LogP contribution in [0.15, 0.2) is 54.7 Å². The topological polar surface area (TPSA) is 88.2 Å². The van der Waals surface area contributed by atoms with Gasteiger partial charge in [0.2, 0.25) is 5.91 Å². The van der Waals surface area contributed by atoms with E-state index < -0.39 is 9.84 Å². The SMILES string of the molecule is O=C(CNC(c1ccccc1)c1ccccn1)NC1CCS(=O)(=O)C1. The molecule has 6 nitrogen and oxygen atoms in total. The lowest BCUT2D eigenvalue weighted by Gasteiger charge is -2.19. The van der Waals surface area contributed by atoms with Crippen molar-refractivity contribution in [3.8, 4) is 0 Å². The number of nitrogens with zero attached hydrogens (tertiary/aromatic N) is 1. The van der Waals surface area contributed by atoms with Gasteiger partial charge in [-0.2, -0.15) is 0 Å². The zero-order valence-corrected chi connectivity index (χ0v) is 14.6. The maximum Gasteiger partial charge on any atom is 0.234 e. The molecule has 0 aliphatic carbocycles. The van der Waals surface area contributed by atoms with Crippen molar-refractivity contribution in [1.82, 2.24) is 15.6 Å². The lowest BCUT2D eigenvalue weighted by atomic mass is 10.0. The van der Waals surface area contributed by atoms with Gasteiger partial charge in [0.15, 0.2) is 9.84 Å². The highest BCUT2D eigenvalue weighted by Gasteiger charge is 2.29. The maximum atomic E-state index is 12.2. The normalized spacial score (nSPS) is 20.1. The van der Waals surface area contributed by atoms with Crippen molar-refractivity contribution in [3.63, 3.8) is 0 Å². The summed E-state index contributed by atoms with van der Waals surface area (Å²) in [6.07, 6.45) is 2.20. The molecule has 0 bridgehead atoms. The van der Waals surface area contributed by atoms with Gasteiger partial charge >= 0.3 is 0 Å². The van der Waals surface area contributed by atoms with Crippen LogP contribution in [-0.4, -0.2) is 43.4 Å². The molecular weight excluding hydrogens is 338 g/mol. The van der Waals surface area contributed by atoms with Gasteiger partial charge in [0.25, 0.3) is 0 Å². The summed E-state index contributed by atoms with van der Waals surface area (Å²) in [7, 11) is -3.00. The first kappa shape index (κ1) is 17.6. The molecular formula is C18H21N3O3S. The molecule has 2 unspecified atom stereocenters. The fourth-order valence-electron chi connectivity index (χ4n) is 2.97. The van der Waals surface area contributed by atoms with Crippen LogP contribution in [0.4, 0.5) is 0 Å². The van der Waals surface area contributed by atoms with Crippen LogP contribution in [0, 0.1) is 0 Å². The van der Waals surface area contributed by atoms with E-state index in [2.05, 4.69) is 15.6 Å². The average molecular weight is 359 g/mol. The molecule has 2 heterocycles. The zero-order chi connectivity index (χ0) is 17.7. The number of aromatic nitrogens is 1. The molecule has 2 N–H and O–H groups in total. The van der Waals surface area contributed by atoms with Gasteiger partial charge in [-0.15, -0.1) is 0 Å². The van der Waals surface area contributed by atoms with Gasteiger partial charge in [0.05, 0.1) is 29.8 Å². The first-order valence-electron chi connectivity index (χ1n) is 8.22. The molecule has 132 valence electrons. The molecule has 2 aromatic rings. The summed E-state index contributed by atoms with van der Waals surface area (Å²) in [6.45, 7) is 0.0900. The van der Waals surface area contributed by atoms with Crippen LogP contribution in [0.2, 0.25) is 0 Å². The second-order valence-corrected chi connectivity index (χ2v) is 8.38. The summed E-state index contributed by atoms with van der Waals surface area (Å²) < 4.78 is 23.0. The summed E-state index contributed by atoms with van der Waals surface area (Å²) in [5, 5.41) is 6.01. The maximum absolute atomic E-state index is 12.2. The largest absolute Gasteiger partial charge is 0.351 e. The molecule has 1 saturated heterocycles. The van der Waals surface area contributed by atoms with Crippen LogP contribution in [0.3, 0.4) is 0 Å². The van der Waals surface area contributed by atoms with Crippen molar-refractivity contribution < 1.29 is 13.2 Å². The molecule has 1 aliphatic heterocycles. The summed E-state index contributed by atoms with van der Waals surface area (Å²) in [5.74, 6) is -0.0356. The second-order valence-electron chi connectivity index (χ2n) is 6.15. The van der Waals surface area contributed by atoms with E-state index in [4.69, 9.17) is 0 Å². The van der Waals surface area contributed by atoms with Crippen molar-refractivity contribution in [2.75, 3.05) is 18.1 Å². The average Bonchev–Trinajstić information content (AvgIpc) is 2.95. The number of sulfone groups is 1. The molecule has 25 heavy (non-hydrogen) atoms. The van der Waals surface area contributed by atoms with Crippen LogP contribution < -0.4 is 10.6 Å². The minimum Gasteiger partial charge on any atom is -0.351 e. The Morgan fingerprint density at radius 3 is 2.56 bits per heavy atom. The van der Waals surface area contributed by atoms with Crippen molar-refractivity contribution in [2.45, 2.75) is 18.5 Å². The Hall–Kier alpha value is -2.25.